The Morgan fingerprint density at radius 1 is 1.43 bits per heavy atom. The lowest BCUT2D eigenvalue weighted by atomic mass is 10.3. The van der Waals surface area contributed by atoms with Crippen LogP contribution >= 0.6 is 21.6 Å². The standard InChI is InChI=1S/C3H8N2S2/c4-3(5)1-6-7-2-3/h1-2,4-5H2/p+1. The third kappa shape index (κ3) is 1.53. The highest BCUT2D eigenvalue weighted by Gasteiger charge is 2.29. The maximum atomic E-state index is 5.62. The van der Waals surface area contributed by atoms with Gasteiger partial charge in [0.1, 0.15) is 0 Å². The summed E-state index contributed by atoms with van der Waals surface area (Å²) in [6.07, 6.45) is 0. The highest BCUT2D eigenvalue weighted by Crippen LogP contribution is 2.31. The van der Waals surface area contributed by atoms with E-state index in [4.69, 9.17) is 5.73 Å². The first-order chi connectivity index (χ1) is 3.21. The summed E-state index contributed by atoms with van der Waals surface area (Å²) in [6, 6.07) is 0. The highest BCUT2D eigenvalue weighted by atomic mass is 33.1. The molecule has 0 atom stereocenters. The topological polar surface area (TPSA) is 53.7 Å². The number of nitrogens with two attached hydrogens (primary N) is 1. The monoisotopic (exact) mass is 137 g/mol. The number of rotatable bonds is 0. The van der Waals surface area contributed by atoms with Gasteiger partial charge >= 0.3 is 0 Å². The average molecular weight is 137 g/mol. The molecule has 0 bridgehead atoms. The quantitative estimate of drug-likeness (QED) is 0.342. The molecule has 0 radical (unpaired) electrons. The molecule has 0 unspecified atom stereocenters. The third-order valence-electron chi connectivity index (χ3n) is 0.776. The predicted octanol–water partition coefficient (Wildman–Crippen LogP) is -0.722. The molecule has 0 aromatic rings. The SMILES string of the molecule is NC1([NH3+])CSSC1. The number of hydrogen-bond donors (Lipinski definition) is 2. The summed E-state index contributed by atoms with van der Waals surface area (Å²) in [5.41, 5.74) is 9.30. The maximum Gasteiger partial charge on any atom is 0.166 e. The largest absolute Gasteiger partial charge is 0.339 e. The Labute approximate surface area is 50.8 Å². The molecule has 1 heterocycles. The van der Waals surface area contributed by atoms with E-state index in [0.717, 1.165) is 11.5 Å². The Kier molecular flexibility index (Phi) is 1.52. The molecule has 0 saturated carbocycles. The first kappa shape index (κ1) is 5.75. The minimum Gasteiger partial charge on any atom is -0.339 e. The lowest BCUT2D eigenvalue weighted by Crippen LogP contribution is -2.79. The zero-order chi connectivity index (χ0) is 5.33. The van der Waals surface area contributed by atoms with E-state index in [0.29, 0.717) is 0 Å². The van der Waals surface area contributed by atoms with Gasteiger partial charge in [-0.2, -0.15) is 0 Å². The van der Waals surface area contributed by atoms with Gasteiger partial charge in [-0.25, -0.2) is 0 Å². The molecule has 1 aliphatic rings. The lowest BCUT2D eigenvalue weighted by Gasteiger charge is -2.07. The van der Waals surface area contributed by atoms with Crippen molar-refractivity contribution in [2.45, 2.75) is 5.66 Å². The average Bonchev–Trinajstić information content (AvgIpc) is 1.84. The van der Waals surface area contributed by atoms with Gasteiger partial charge in [0.05, 0.1) is 11.5 Å². The van der Waals surface area contributed by atoms with E-state index >= 15 is 0 Å². The van der Waals surface area contributed by atoms with Crippen molar-refractivity contribution in [1.82, 2.24) is 0 Å². The van der Waals surface area contributed by atoms with E-state index in [1.165, 1.54) is 0 Å². The summed E-state index contributed by atoms with van der Waals surface area (Å²) >= 11 is 0. The van der Waals surface area contributed by atoms with Gasteiger partial charge in [0.2, 0.25) is 0 Å². The first-order valence-corrected chi connectivity index (χ1v) is 4.58. The van der Waals surface area contributed by atoms with Gasteiger partial charge in [0, 0.05) is 0 Å². The van der Waals surface area contributed by atoms with Crippen molar-refractivity contribution in [3.05, 3.63) is 0 Å². The van der Waals surface area contributed by atoms with E-state index < -0.39 is 0 Å². The second kappa shape index (κ2) is 1.85. The molecule has 0 aromatic carbocycles. The van der Waals surface area contributed by atoms with Gasteiger partial charge in [-0.1, -0.05) is 21.6 Å². The molecule has 0 amide bonds. The van der Waals surface area contributed by atoms with Gasteiger partial charge in [0.25, 0.3) is 0 Å². The van der Waals surface area contributed by atoms with Gasteiger partial charge in [0.15, 0.2) is 5.66 Å². The summed E-state index contributed by atoms with van der Waals surface area (Å²) < 4.78 is 0. The van der Waals surface area contributed by atoms with Gasteiger partial charge < -0.3 is 5.73 Å². The summed E-state index contributed by atoms with van der Waals surface area (Å²) in [5.74, 6) is 2.00. The highest BCUT2D eigenvalue weighted by molar-refractivity contribution is 8.77. The van der Waals surface area contributed by atoms with Crippen molar-refractivity contribution in [1.29, 1.82) is 0 Å². The molecule has 4 heteroatoms. The summed E-state index contributed by atoms with van der Waals surface area (Å²) in [4.78, 5) is 0. The lowest BCUT2D eigenvalue weighted by molar-refractivity contribution is -0.458. The van der Waals surface area contributed by atoms with E-state index in [2.05, 4.69) is 5.73 Å². The number of hydrogen-bond acceptors (Lipinski definition) is 3. The normalized spacial score (nSPS) is 28.3. The van der Waals surface area contributed by atoms with Crippen LogP contribution in [0.15, 0.2) is 0 Å². The van der Waals surface area contributed by atoms with Gasteiger partial charge in [-0.15, -0.1) is 0 Å². The van der Waals surface area contributed by atoms with Crippen LogP contribution in [-0.2, 0) is 0 Å². The van der Waals surface area contributed by atoms with E-state index in [9.17, 15) is 0 Å². The van der Waals surface area contributed by atoms with E-state index in [-0.39, 0.29) is 5.66 Å². The van der Waals surface area contributed by atoms with Crippen LogP contribution in [0.4, 0.5) is 0 Å². The maximum absolute atomic E-state index is 5.62. The van der Waals surface area contributed by atoms with Crippen LogP contribution in [0.25, 0.3) is 0 Å². The molecule has 0 aromatic heterocycles. The molecule has 1 saturated heterocycles. The van der Waals surface area contributed by atoms with Crippen molar-refractivity contribution in [3.8, 4) is 0 Å². The molecule has 2 nitrogen and oxygen atoms in total. The molecule has 0 spiro atoms. The smallest absolute Gasteiger partial charge is 0.166 e. The zero-order valence-corrected chi connectivity index (χ0v) is 5.65. The fourth-order valence-corrected chi connectivity index (χ4v) is 3.24. The molecule has 1 rings (SSSR count). The van der Waals surface area contributed by atoms with Gasteiger partial charge in [-0.3, -0.25) is 5.73 Å². The predicted molar refractivity (Wildman–Crippen MR) is 34.7 cm³/mol. The van der Waals surface area contributed by atoms with E-state index in [1.54, 1.807) is 0 Å². The molecule has 7 heavy (non-hydrogen) atoms. The first-order valence-electron chi connectivity index (χ1n) is 2.09. The minimum atomic E-state index is -0.130. The summed E-state index contributed by atoms with van der Waals surface area (Å²) in [5, 5.41) is 0. The van der Waals surface area contributed by atoms with Gasteiger partial charge in [-0.05, 0) is 0 Å². The van der Waals surface area contributed by atoms with Crippen molar-refractivity contribution < 1.29 is 5.73 Å². The number of quaternary nitrogens is 1. The molecular weight excluding hydrogens is 128 g/mol. The second-order valence-electron chi connectivity index (χ2n) is 1.89. The van der Waals surface area contributed by atoms with Crippen LogP contribution in [0.5, 0.6) is 0 Å². The fourth-order valence-electron chi connectivity index (χ4n) is 0.360. The van der Waals surface area contributed by atoms with Crippen molar-refractivity contribution in [2.75, 3.05) is 11.5 Å². The molecule has 1 aliphatic heterocycles. The summed E-state index contributed by atoms with van der Waals surface area (Å²) in [6.45, 7) is 0. The molecule has 5 N–H and O–H groups in total. The Morgan fingerprint density at radius 3 is 2.00 bits per heavy atom. The third-order valence-corrected chi connectivity index (χ3v) is 3.54. The molecule has 1 fully saturated rings. The van der Waals surface area contributed by atoms with Crippen LogP contribution in [-0.4, -0.2) is 17.2 Å². The van der Waals surface area contributed by atoms with Crippen molar-refractivity contribution in [3.63, 3.8) is 0 Å². The molecular formula is C3H9N2S2+. The van der Waals surface area contributed by atoms with Crippen LogP contribution < -0.4 is 11.5 Å². The second-order valence-corrected chi connectivity index (χ2v) is 4.35. The minimum absolute atomic E-state index is 0.130. The van der Waals surface area contributed by atoms with Crippen LogP contribution in [0.2, 0.25) is 0 Å². The Balaban J connectivity index is 2.40. The Bertz CT molecular complexity index is 65.3. The summed E-state index contributed by atoms with van der Waals surface area (Å²) in [7, 11) is 3.62. The Hall–Kier alpha value is 0.620. The van der Waals surface area contributed by atoms with Crippen molar-refractivity contribution >= 4 is 21.6 Å². The van der Waals surface area contributed by atoms with E-state index in [1.807, 2.05) is 21.6 Å². The molecule has 0 aliphatic carbocycles. The van der Waals surface area contributed by atoms with Crippen LogP contribution in [0.3, 0.4) is 0 Å². The molecule has 42 valence electrons. The zero-order valence-electron chi connectivity index (χ0n) is 4.02. The van der Waals surface area contributed by atoms with Crippen LogP contribution in [0, 0.1) is 0 Å². The Morgan fingerprint density at radius 2 is 1.86 bits per heavy atom. The fraction of sp³-hybridized carbons (Fsp3) is 1.00. The van der Waals surface area contributed by atoms with Crippen LogP contribution in [0.1, 0.15) is 0 Å². The van der Waals surface area contributed by atoms with Crippen molar-refractivity contribution in [2.24, 2.45) is 5.73 Å².